The van der Waals surface area contributed by atoms with Crippen molar-refractivity contribution >= 4 is 45.0 Å². The standard InChI is InChI=1S/C38H35Cl2NO/c1-3-5-14-26(4-2)25-42-38-20-13-12-19-35(38)41-36-23-33(39)29(27-15-8-6-9-16-27)21-31(36)32-22-30(34(40)24-37(32)41)28-17-10-7-11-18-28/h6-13,15-24,26H,3-5,14,25H2,1-2H3. The highest BCUT2D eigenvalue weighted by Crippen LogP contribution is 2.43. The number of rotatable bonds is 10. The molecule has 1 aromatic heterocycles. The molecule has 0 fully saturated rings. The number of benzene rings is 5. The molecule has 2 nitrogen and oxygen atoms in total. The Morgan fingerprint density at radius 1 is 0.667 bits per heavy atom. The Morgan fingerprint density at radius 3 is 1.71 bits per heavy atom. The fourth-order valence-corrected chi connectivity index (χ4v) is 6.40. The minimum atomic E-state index is 0.530. The molecule has 0 N–H and O–H groups in total. The highest BCUT2D eigenvalue weighted by atomic mass is 35.5. The van der Waals surface area contributed by atoms with Gasteiger partial charge in [0.2, 0.25) is 0 Å². The number of nitrogens with zero attached hydrogens (tertiary/aromatic N) is 1. The Kier molecular flexibility index (Phi) is 8.55. The predicted octanol–water partition coefficient (Wildman–Crippen LogP) is 12.0. The molecule has 212 valence electrons. The van der Waals surface area contributed by atoms with E-state index in [9.17, 15) is 0 Å². The number of aromatic nitrogens is 1. The Bertz CT molecular complexity index is 1720. The van der Waals surface area contributed by atoms with Crippen molar-refractivity contribution in [1.29, 1.82) is 0 Å². The van der Waals surface area contributed by atoms with Crippen molar-refractivity contribution in [3.63, 3.8) is 0 Å². The molecule has 0 saturated heterocycles. The van der Waals surface area contributed by atoms with E-state index in [1.165, 1.54) is 19.3 Å². The maximum absolute atomic E-state index is 7.02. The molecule has 1 atom stereocenters. The second kappa shape index (κ2) is 12.7. The van der Waals surface area contributed by atoms with Crippen LogP contribution >= 0.6 is 23.2 Å². The van der Waals surface area contributed by atoms with Crippen LogP contribution in [0.5, 0.6) is 5.75 Å². The van der Waals surface area contributed by atoms with Gasteiger partial charge in [-0.1, -0.05) is 129 Å². The van der Waals surface area contributed by atoms with Gasteiger partial charge in [-0.25, -0.2) is 0 Å². The Balaban J connectivity index is 1.58. The zero-order chi connectivity index (χ0) is 29.1. The molecule has 0 saturated carbocycles. The highest BCUT2D eigenvalue weighted by molar-refractivity contribution is 6.36. The minimum absolute atomic E-state index is 0.530. The van der Waals surface area contributed by atoms with E-state index in [1.807, 2.05) is 42.5 Å². The summed E-state index contributed by atoms with van der Waals surface area (Å²) in [5.41, 5.74) is 7.20. The van der Waals surface area contributed by atoms with Crippen molar-refractivity contribution in [2.75, 3.05) is 6.61 Å². The van der Waals surface area contributed by atoms with Crippen molar-refractivity contribution in [1.82, 2.24) is 4.57 Å². The van der Waals surface area contributed by atoms with Gasteiger partial charge in [0, 0.05) is 21.9 Å². The number of hydrogen-bond donors (Lipinski definition) is 0. The third-order valence-corrected chi connectivity index (χ3v) is 8.86. The van der Waals surface area contributed by atoms with Gasteiger partial charge in [0.1, 0.15) is 5.75 Å². The molecule has 0 amide bonds. The summed E-state index contributed by atoms with van der Waals surface area (Å²) in [5.74, 6) is 1.39. The minimum Gasteiger partial charge on any atom is -0.491 e. The van der Waals surface area contributed by atoms with E-state index in [0.717, 1.165) is 61.9 Å². The van der Waals surface area contributed by atoms with Crippen molar-refractivity contribution in [3.8, 4) is 33.7 Å². The fraction of sp³-hybridized carbons (Fsp3) is 0.211. The molecule has 0 radical (unpaired) electrons. The maximum Gasteiger partial charge on any atom is 0.143 e. The van der Waals surface area contributed by atoms with Crippen LogP contribution in [0.4, 0.5) is 0 Å². The summed E-state index contributed by atoms with van der Waals surface area (Å²) in [6, 6.07) is 37.5. The van der Waals surface area contributed by atoms with E-state index in [1.54, 1.807) is 0 Å². The van der Waals surface area contributed by atoms with Gasteiger partial charge in [-0.3, -0.25) is 0 Å². The average Bonchev–Trinajstić information content (AvgIpc) is 3.32. The normalized spacial score (nSPS) is 12.2. The molecule has 0 aliphatic rings. The molecular weight excluding hydrogens is 557 g/mol. The van der Waals surface area contributed by atoms with Gasteiger partial charge in [-0.2, -0.15) is 0 Å². The summed E-state index contributed by atoms with van der Waals surface area (Å²) in [7, 11) is 0. The number of para-hydroxylation sites is 2. The van der Waals surface area contributed by atoms with E-state index in [4.69, 9.17) is 27.9 Å². The maximum atomic E-state index is 7.02. The van der Waals surface area contributed by atoms with Crippen LogP contribution in [0.3, 0.4) is 0 Å². The van der Waals surface area contributed by atoms with Gasteiger partial charge in [0.25, 0.3) is 0 Å². The van der Waals surface area contributed by atoms with Crippen LogP contribution < -0.4 is 4.74 Å². The Morgan fingerprint density at radius 2 is 1.19 bits per heavy atom. The van der Waals surface area contributed by atoms with Crippen molar-refractivity contribution in [3.05, 3.63) is 119 Å². The number of hydrogen-bond acceptors (Lipinski definition) is 1. The van der Waals surface area contributed by atoms with Gasteiger partial charge in [0.05, 0.1) is 33.4 Å². The van der Waals surface area contributed by atoms with Crippen LogP contribution in [-0.2, 0) is 0 Å². The largest absolute Gasteiger partial charge is 0.491 e. The summed E-state index contributed by atoms with van der Waals surface area (Å²) in [6.45, 7) is 5.19. The number of unbranched alkanes of at least 4 members (excludes halogenated alkanes) is 1. The van der Waals surface area contributed by atoms with Gasteiger partial charge in [-0.15, -0.1) is 0 Å². The lowest BCUT2D eigenvalue weighted by atomic mass is 10.00. The summed E-state index contributed by atoms with van der Waals surface area (Å²) in [5, 5.41) is 3.64. The van der Waals surface area contributed by atoms with Gasteiger partial charge in [-0.05, 0) is 59.9 Å². The van der Waals surface area contributed by atoms with Crippen molar-refractivity contribution in [2.24, 2.45) is 5.92 Å². The molecule has 0 bridgehead atoms. The molecule has 4 heteroatoms. The van der Waals surface area contributed by atoms with Crippen LogP contribution in [0.1, 0.15) is 39.5 Å². The first-order valence-corrected chi connectivity index (χ1v) is 15.6. The van der Waals surface area contributed by atoms with Crippen LogP contribution in [0.25, 0.3) is 49.7 Å². The van der Waals surface area contributed by atoms with Gasteiger partial charge < -0.3 is 9.30 Å². The average molecular weight is 593 g/mol. The second-order valence-corrected chi connectivity index (χ2v) is 11.8. The quantitative estimate of drug-likeness (QED) is 0.154. The van der Waals surface area contributed by atoms with Crippen LogP contribution in [-0.4, -0.2) is 11.2 Å². The summed E-state index contributed by atoms with van der Waals surface area (Å²) in [4.78, 5) is 0. The van der Waals surface area contributed by atoms with Crippen molar-refractivity contribution in [2.45, 2.75) is 39.5 Å². The molecule has 6 rings (SSSR count). The first-order valence-electron chi connectivity index (χ1n) is 14.9. The molecule has 5 aromatic carbocycles. The van der Waals surface area contributed by atoms with Gasteiger partial charge >= 0.3 is 0 Å². The molecule has 1 heterocycles. The third kappa shape index (κ3) is 5.54. The summed E-state index contributed by atoms with van der Waals surface area (Å²) < 4.78 is 8.83. The first-order chi connectivity index (χ1) is 20.6. The topological polar surface area (TPSA) is 14.2 Å². The zero-order valence-corrected chi connectivity index (χ0v) is 25.6. The lowest BCUT2D eigenvalue weighted by Crippen LogP contribution is -2.12. The lowest BCUT2D eigenvalue weighted by molar-refractivity contribution is 0.233. The predicted molar refractivity (Wildman–Crippen MR) is 180 cm³/mol. The SMILES string of the molecule is CCCCC(CC)COc1ccccc1-n1c2cc(Cl)c(-c3ccccc3)cc2c2cc(-c3ccccc3)c(Cl)cc21. The number of fused-ring (bicyclic) bond motifs is 3. The molecule has 0 aliphatic carbocycles. The van der Waals surface area contributed by atoms with Crippen LogP contribution in [0, 0.1) is 5.92 Å². The highest BCUT2D eigenvalue weighted by Gasteiger charge is 2.20. The molecule has 42 heavy (non-hydrogen) atoms. The monoisotopic (exact) mass is 591 g/mol. The summed E-state index contributed by atoms with van der Waals surface area (Å²) >= 11 is 14.0. The number of ether oxygens (including phenoxy) is 1. The van der Waals surface area contributed by atoms with Crippen LogP contribution in [0.2, 0.25) is 10.0 Å². The smallest absolute Gasteiger partial charge is 0.143 e. The third-order valence-electron chi connectivity index (χ3n) is 8.24. The van der Waals surface area contributed by atoms with E-state index in [2.05, 4.69) is 85.1 Å². The van der Waals surface area contributed by atoms with Crippen LogP contribution in [0.15, 0.2) is 109 Å². The molecular formula is C38H35Cl2NO. The first kappa shape index (κ1) is 28.4. The van der Waals surface area contributed by atoms with E-state index < -0.39 is 0 Å². The van der Waals surface area contributed by atoms with E-state index in [-0.39, 0.29) is 0 Å². The second-order valence-electron chi connectivity index (χ2n) is 11.0. The number of halogens is 2. The van der Waals surface area contributed by atoms with E-state index >= 15 is 0 Å². The Labute approximate surface area is 258 Å². The molecule has 0 spiro atoms. The fourth-order valence-electron chi connectivity index (χ4n) is 5.86. The lowest BCUT2D eigenvalue weighted by Gasteiger charge is -2.19. The molecule has 0 aliphatic heterocycles. The van der Waals surface area contributed by atoms with Gasteiger partial charge in [0.15, 0.2) is 0 Å². The summed E-state index contributed by atoms with van der Waals surface area (Å²) in [6.07, 6.45) is 4.71. The Hall–Kier alpha value is -3.72. The zero-order valence-electron chi connectivity index (χ0n) is 24.1. The van der Waals surface area contributed by atoms with E-state index in [0.29, 0.717) is 22.6 Å². The van der Waals surface area contributed by atoms with Crippen molar-refractivity contribution < 1.29 is 4.74 Å². The molecule has 6 aromatic rings. The molecule has 1 unspecified atom stereocenters.